The molecule has 0 aromatic heterocycles. The maximum absolute atomic E-state index is 12.0. The van der Waals surface area contributed by atoms with Crippen LogP contribution in [0.4, 0.5) is 0 Å². The van der Waals surface area contributed by atoms with Crippen molar-refractivity contribution in [3.05, 3.63) is 29.8 Å². The molecule has 2 rings (SSSR count). The van der Waals surface area contributed by atoms with Crippen molar-refractivity contribution in [1.29, 1.82) is 0 Å². The molecule has 1 atom stereocenters. The van der Waals surface area contributed by atoms with Crippen molar-refractivity contribution >= 4 is 23.1 Å². The number of benzene rings is 1. The van der Waals surface area contributed by atoms with Crippen molar-refractivity contribution < 1.29 is 9.53 Å². The van der Waals surface area contributed by atoms with Crippen molar-refractivity contribution in [1.82, 2.24) is 5.32 Å². The third-order valence-corrected chi connectivity index (χ3v) is 3.76. The van der Waals surface area contributed by atoms with Crippen LogP contribution in [0.5, 0.6) is 5.75 Å². The van der Waals surface area contributed by atoms with Crippen LogP contribution < -0.4 is 15.8 Å². The molecule has 0 spiro atoms. The van der Waals surface area contributed by atoms with Crippen molar-refractivity contribution in [3.8, 4) is 5.75 Å². The first kappa shape index (κ1) is 14.8. The Morgan fingerprint density at radius 2 is 1.95 bits per heavy atom. The van der Waals surface area contributed by atoms with Gasteiger partial charge >= 0.3 is 0 Å². The van der Waals surface area contributed by atoms with Gasteiger partial charge in [-0.25, -0.2) is 0 Å². The third-order valence-electron chi connectivity index (χ3n) is 3.52. The van der Waals surface area contributed by atoms with E-state index in [-0.39, 0.29) is 5.91 Å². The van der Waals surface area contributed by atoms with Crippen LogP contribution >= 0.6 is 12.2 Å². The first-order valence-corrected chi connectivity index (χ1v) is 7.34. The molecule has 1 unspecified atom stereocenters. The van der Waals surface area contributed by atoms with Gasteiger partial charge in [0, 0.05) is 11.6 Å². The van der Waals surface area contributed by atoms with Crippen LogP contribution in [0.1, 0.15) is 38.2 Å². The number of hydrogen-bond acceptors (Lipinski definition) is 3. The topological polar surface area (TPSA) is 64.3 Å². The number of carbonyl (C=O) groups is 1. The van der Waals surface area contributed by atoms with Crippen molar-refractivity contribution in [2.75, 3.05) is 0 Å². The van der Waals surface area contributed by atoms with Crippen LogP contribution in [0.25, 0.3) is 0 Å². The summed E-state index contributed by atoms with van der Waals surface area (Å²) in [5.41, 5.74) is 6.32. The minimum Gasteiger partial charge on any atom is -0.481 e. The zero-order valence-corrected chi connectivity index (χ0v) is 12.4. The lowest BCUT2D eigenvalue weighted by Crippen LogP contribution is -2.41. The molecule has 1 aliphatic carbocycles. The van der Waals surface area contributed by atoms with Gasteiger partial charge in [0.25, 0.3) is 5.91 Å². The van der Waals surface area contributed by atoms with Gasteiger partial charge in [0.1, 0.15) is 10.7 Å². The standard InChI is InChI=1S/C15H20N2O2S/c1-10(15(18)17-12-4-2-3-5-12)19-13-8-6-11(7-9-13)14(16)20/h6-10,12H,2-5H2,1H3,(H2,16,20)(H,17,18). The third kappa shape index (κ3) is 3.93. The van der Waals surface area contributed by atoms with Crippen LogP contribution in [-0.2, 0) is 4.79 Å². The Bertz CT molecular complexity index is 481. The van der Waals surface area contributed by atoms with E-state index in [0.29, 0.717) is 16.8 Å². The van der Waals surface area contributed by atoms with Gasteiger partial charge < -0.3 is 15.8 Å². The SMILES string of the molecule is CC(Oc1ccc(C(N)=S)cc1)C(=O)NC1CCCC1. The summed E-state index contributed by atoms with van der Waals surface area (Å²) in [4.78, 5) is 12.4. The second kappa shape index (κ2) is 6.70. The summed E-state index contributed by atoms with van der Waals surface area (Å²) >= 11 is 4.89. The molecule has 5 heteroatoms. The second-order valence-corrected chi connectivity index (χ2v) is 5.58. The van der Waals surface area contributed by atoms with Crippen molar-refractivity contribution in [3.63, 3.8) is 0 Å². The quantitative estimate of drug-likeness (QED) is 0.816. The van der Waals surface area contributed by atoms with Gasteiger partial charge in [0.2, 0.25) is 0 Å². The molecule has 0 heterocycles. The van der Waals surface area contributed by atoms with Crippen LogP contribution in [0.15, 0.2) is 24.3 Å². The van der Waals surface area contributed by atoms with E-state index in [1.54, 1.807) is 31.2 Å². The van der Waals surface area contributed by atoms with E-state index in [1.807, 2.05) is 0 Å². The summed E-state index contributed by atoms with van der Waals surface area (Å²) < 4.78 is 5.63. The molecule has 1 saturated carbocycles. The van der Waals surface area contributed by atoms with Crippen molar-refractivity contribution in [2.24, 2.45) is 5.73 Å². The number of thiocarbonyl (C=S) groups is 1. The Hall–Kier alpha value is -1.62. The Balaban J connectivity index is 1.87. The number of rotatable bonds is 5. The number of carbonyl (C=O) groups excluding carboxylic acids is 1. The Labute approximate surface area is 124 Å². The van der Waals surface area contributed by atoms with Crippen LogP contribution in [0.2, 0.25) is 0 Å². The summed E-state index contributed by atoms with van der Waals surface area (Å²) in [6.45, 7) is 1.76. The molecule has 0 saturated heterocycles. The maximum Gasteiger partial charge on any atom is 0.260 e. The van der Waals surface area contributed by atoms with E-state index in [9.17, 15) is 4.79 Å². The summed E-state index contributed by atoms with van der Waals surface area (Å²) in [5.74, 6) is 0.578. The molecule has 1 aromatic rings. The number of hydrogen-bond donors (Lipinski definition) is 2. The predicted octanol–water partition coefficient (Wildman–Crippen LogP) is 2.15. The normalized spacial score (nSPS) is 16.6. The van der Waals surface area contributed by atoms with E-state index < -0.39 is 6.10 Å². The average Bonchev–Trinajstić information content (AvgIpc) is 2.92. The lowest BCUT2D eigenvalue weighted by atomic mass is 10.2. The van der Waals surface area contributed by atoms with E-state index >= 15 is 0 Å². The molecular weight excluding hydrogens is 272 g/mol. The maximum atomic E-state index is 12.0. The Kier molecular flexibility index (Phi) is 4.95. The van der Waals surface area contributed by atoms with Gasteiger partial charge in [-0.05, 0) is 44.0 Å². The minimum atomic E-state index is -0.508. The fourth-order valence-electron chi connectivity index (χ4n) is 2.34. The predicted molar refractivity (Wildman–Crippen MR) is 82.8 cm³/mol. The van der Waals surface area contributed by atoms with Gasteiger partial charge in [0.05, 0.1) is 0 Å². The molecular formula is C15H20N2O2S. The number of nitrogens with two attached hydrogens (primary N) is 1. The highest BCUT2D eigenvalue weighted by atomic mass is 32.1. The van der Waals surface area contributed by atoms with Gasteiger partial charge in [-0.2, -0.15) is 0 Å². The smallest absolute Gasteiger partial charge is 0.260 e. The molecule has 1 fully saturated rings. The number of ether oxygens (including phenoxy) is 1. The van der Waals surface area contributed by atoms with E-state index in [0.717, 1.165) is 18.4 Å². The summed E-state index contributed by atoms with van der Waals surface area (Å²) in [7, 11) is 0. The second-order valence-electron chi connectivity index (χ2n) is 5.14. The molecule has 4 nitrogen and oxygen atoms in total. The molecule has 0 bridgehead atoms. The van der Waals surface area contributed by atoms with E-state index in [2.05, 4.69) is 5.32 Å². The molecule has 1 aliphatic rings. The number of nitrogens with one attached hydrogen (secondary N) is 1. The van der Waals surface area contributed by atoms with Gasteiger partial charge in [-0.15, -0.1) is 0 Å². The largest absolute Gasteiger partial charge is 0.481 e. The average molecular weight is 292 g/mol. The summed E-state index contributed by atoms with van der Waals surface area (Å²) in [6.07, 6.45) is 4.02. The molecule has 108 valence electrons. The molecule has 1 amide bonds. The lowest BCUT2D eigenvalue weighted by Gasteiger charge is -2.18. The highest BCUT2D eigenvalue weighted by Gasteiger charge is 2.21. The molecule has 3 N–H and O–H groups in total. The lowest BCUT2D eigenvalue weighted by molar-refractivity contribution is -0.127. The fraction of sp³-hybridized carbons (Fsp3) is 0.467. The van der Waals surface area contributed by atoms with E-state index in [1.165, 1.54) is 12.8 Å². The van der Waals surface area contributed by atoms with Gasteiger partial charge in [0.15, 0.2) is 6.10 Å². The van der Waals surface area contributed by atoms with E-state index in [4.69, 9.17) is 22.7 Å². The van der Waals surface area contributed by atoms with Gasteiger partial charge in [-0.1, -0.05) is 25.1 Å². The first-order chi connectivity index (χ1) is 9.56. The van der Waals surface area contributed by atoms with Crippen LogP contribution in [0, 0.1) is 0 Å². The minimum absolute atomic E-state index is 0.0599. The molecule has 0 radical (unpaired) electrons. The Morgan fingerprint density at radius 1 is 1.35 bits per heavy atom. The fourth-order valence-corrected chi connectivity index (χ4v) is 2.48. The Morgan fingerprint density at radius 3 is 2.50 bits per heavy atom. The monoisotopic (exact) mass is 292 g/mol. The van der Waals surface area contributed by atoms with Crippen LogP contribution in [-0.4, -0.2) is 23.0 Å². The molecule has 1 aromatic carbocycles. The summed E-state index contributed by atoms with van der Waals surface area (Å²) in [6, 6.07) is 7.44. The molecule has 20 heavy (non-hydrogen) atoms. The zero-order chi connectivity index (χ0) is 14.5. The number of amides is 1. The summed E-state index contributed by atoms with van der Waals surface area (Å²) in [5, 5.41) is 3.02. The highest BCUT2D eigenvalue weighted by molar-refractivity contribution is 7.80. The van der Waals surface area contributed by atoms with Crippen LogP contribution in [0.3, 0.4) is 0 Å². The van der Waals surface area contributed by atoms with Gasteiger partial charge in [-0.3, -0.25) is 4.79 Å². The molecule has 0 aliphatic heterocycles. The first-order valence-electron chi connectivity index (χ1n) is 6.93. The zero-order valence-electron chi connectivity index (χ0n) is 11.6. The van der Waals surface area contributed by atoms with Crippen molar-refractivity contribution in [2.45, 2.75) is 44.8 Å². The highest BCUT2D eigenvalue weighted by Crippen LogP contribution is 2.18.